The van der Waals surface area contributed by atoms with Gasteiger partial charge in [-0.1, -0.05) is 0 Å². The van der Waals surface area contributed by atoms with Crippen molar-refractivity contribution in [1.29, 1.82) is 0 Å². The summed E-state index contributed by atoms with van der Waals surface area (Å²) in [4.78, 5) is 13.2. The molecule has 0 spiro atoms. The van der Waals surface area contributed by atoms with Crippen LogP contribution in [0.4, 0.5) is 0 Å². The zero-order chi connectivity index (χ0) is 26.3. The third kappa shape index (κ3) is 4.12. The number of fused-ring (bicyclic) bond motifs is 1. The molecule has 36 heavy (non-hydrogen) atoms. The molecule has 1 aliphatic rings. The lowest BCUT2D eigenvalue weighted by molar-refractivity contribution is -0.277. The first-order valence-corrected chi connectivity index (χ1v) is 10.6. The van der Waals surface area contributed by atoms with Gasteiger partial charge < -0.3 is 59.1 Å². The molecule has 13 nitrogen and oxygen atoms in total. The number of rotatable bonds is 6. The van der Waals surface area contributed by atoms with E-state index in [1.54, 1.807) is 0 Å². The van der Waals surface area contributed by atoms with Crippen LogP contribution < -0.4 is 19.6 Å². The number of phenolic OH excluding ortho intramolecular Hbond substituents is 3. The summed E-state index contributed by atoms with van der Waals surface area (Å²) in [7, 11) is 2.38. The molecule has 0 unspecified atom stereocenters. The monoisotopic (exact) mass is 508 g/mol. The third-order valence-corrected chi connectivity index (χ3v) is 5.77. The largest absolute Gasteiger partial charge is 0.504 e. The smallest absolute Gasteiger partial charge is 0.239 e. The summed E-state index contributed by atoms with van der Waals surface area (Å²) in [6.07, 6.45) is -7.98. The highest BCUT2D eigenvalue weighted by Crippen LogP contribution is 2.45. The summed E-state index contributed by atoms with van der Waals surface area (Å²) >= 11 is 0. The van der Waals surface area contributed by atoms with Crippen molar-refractivity contribution in [2.45, 2.75) is 30.7 Å². The van der Waals surface area contributed by atoms with Crippen LogP contribution in [0.15, 0.2) is 33.5 Å². The van der Waals surface area contributed by atoms with Crippen LogP contribution in [-0.2, 0) is 4.74 Å². The first kappa shape index (κ1) is 25.3. The molecular weight excluding hydrogens is 484 g/mol. The van der Waals surface area contributed by atoms with Gasteiger partial charge in [0.05, 0.1) is 20.8 Å². The van der Waals surface area contributed by atoms with Gasteiger partial charge in [0.2, 0.25) is 23.2 Å². The Hall–Kier alpha value is -3.75. The molecule has 0 amide bonds. The Labute approximate surface area is 202 Å². The summed E-state index contributed by atoms with van der Waals surface area (Å²) in [5.74, 6) is -2.66. The summed E-state index contributed by atoms with van der Waals surface area (Å²) < 4.78 is 27.1. The summed E-state index contributed by atoms with van der Waals surface area (Å²) in [6.45, 7) is -0.692. The zero-order valence-electron chi connectivity index (χ0n) is 19.0. The van der Waals surface area contributed by atoms with Gasteiger partial charge in [-0.05, 0) is 18.2 Å². The van der Waals surface area contributed by atoms with Crippen LogP contribution in [0.3, 0.4) is 0 Å². The predicted molar refractivity (Wildman–Crippen MR) is 120 cm³/mol. The standard InChI is InChI=1S/C23H24O13/c1-32-21-12(35-23-19(31)18(30)15(27)13(7-24)36-23)6-11-14(16(21)28)17(29)22(33-2)20(34-11)8-3-4-9(25)10(26)5-8/h3-6,13,15,18-19,23-28,30-31H,7H2,1-2H3/t13-,15-,18-,19-,23-/m0/s1. The van der Waals surface area contributed by atoms with Crippen molar-refractivity contribution in [3.8, 4) is 45.8 Å². The molecule has 3 aromatic rings. The molecule has 13 heteroatoms. The van der Waals surface area contributed by atoms with E-state index in [-0.39, 0.29) is 39.5 Å². The topological polar surface area (TPSA) is 209 Å². The Morgan fingerprint density at radius 1 is 0.917 bits per heavy atom. The normalized spacial score (nSPS) is 24.0. The van der Waals surface area contributed by atoms with Crippen LogP contribution in [0, 0.1) is 0 Å². The molecule has 1 saturated heterocycles. The number of aliphatic hydroxyl groups is 4. The first-order valence-electron chi connectivity index (χ1n) is 10.6. The number of hydrogen-bond acceptors (Lipinski definition) is 13. The van der Waals surface area contributed by atoms with Crippen LogP contribution in [0.5, 0.6) is 34.5 Å². The van der Waals surface area contributed by atoms with Gasteiger partial charge in [0, 0.05) is 11.6 Å². The van der Waals surface area contributed by atoms with Crippen molar-refractivity contribution in [3.05, 3.63) is 34.5 Å². The van der Waals surface area contributed by atoms with E-state index in [0.29, 0.717) is 0 Å². The minimum atomic E-state index is -1.76. The van der Waals surface area contributed by atoms with Crippen LogP contribution >= 0.6 is 0 Å². The number of phenols is 3. The SMILES string of the molecule is COc1c(O[C@H]2O[C@@H](CO)[C@H](O)[C@H](O)[C@@H]2O)cc2oc(-c3ccc(O)c(O)c3)c(OC)c(=O)c2c1O. The lowest BCUT2D eigenvalue weighted by Crippen LogP contribution is -2.60. The van der Waals surface area contributed by atoms with E-state index in [1.165, 1.54) is 26.4 Å². The van der Waals surface area contributed by atoms with Crippen LogP contribution in [-0.4, -0.2) is 87.3 Å². The molecule has 0 radical (unpaired) electrons. The lowest BCUT2D eigenvalue weighted by atomic mass is 9.99. The molecule has 1 aromatic heterocycles. The van der Waals surface area contributed by atoms with Crippen LogP contribution in [0.25, 0.3) is 22.3 Å². The van der Waals surface area contributed by atoms with E-state index in [2.05, 4.69) is 0 Å². The number of aromatic hydroxyl groups is 3. The van der Waals surface area contributed by atoms with Gasteiger partial charge in [0.15, 0.2) is 28.8 Å². The number of ether oxygens (including phenoxy) is 4. The van der Waals surface area contributed by atoms with Gasteiger partial charge in [0.25, 0.3) is 0 Å². The Balaban J connectivity index is 1.87. The quantitative estimate of drug-likeness (QED) is 0.215. The van der Waals surface area contributed by atoms with Crippen molar-refractivity contribution in [2.24, 2.45) is 0 Å². The van der Waals surface area contributed by atoms with Gasteiger partial charge in [0.1, 0.15) is 35.4 Å². The van der Waals surface area contributed by atoms with Gasteiger partial charge in [-0.15, -0.1) is 0 Å². The number of aliphatic hydroxyl groups excluding tert-OH is 4. The van der Waals surface area contributed by atoms with Gasteiger partial charge in [-0.3, -0.25) is 4.79 Å². The fraction of sp³-hybridized carbons (Fsp3) is 0.348. The maximum absolute atomic E-state index is 13.2. The van der Waals surface area contributed by atoms with Crippen molar-refractivity contribution >= 4 is 11.0 Å². The second-order valence-corrected chi connectivity index (χ2v) is 7.94. The Kier molecular flexibility index (Phi) is 6.84. The second kappa shape index (κ2) is 9.72. The molecule has 194 valence electrons. The summed E-state index contributed by atoms with van der Waals surface area (Å²) in [6, 6.07) is 4.82. The minimum absolute atomic E-state index is 0.145. The fourth-order valence-corrected chi connectivity index (χ4v) is 3.89. The van der Waals surface area contributed by atoms with E-state index < -0.39 is 60.0 Å². The average Bonchev–Trinajstić information content (AvgIpc) is 2.85. The van der Waals surface area contributed by atoms with Gasteiger partial charge >= 0.3 is 0 Å². The second-order valence-electron chi connectivity index (χ2n) is 7.94. The Morgan fingerprint density at radius 2 is 1.61 bits per heavy atom. The van der Waals surface area contributed by atoms with Crippen LogP contribution in [0.1, 0.15) is 0 Å². The molecule has 2 aromatic carbocycles. The summed E-state index contributed by atoms with van der Waals surface area (Å²) in [5.41, 5.74) is -0.856. The first-order chi connectivity index (χ1) is 17.1. The highest BCUT2D eigenvalue weighted by atomic mass is 16.7. The maximum Gasteiger partial charge on any atom is 0.239 e. The number of benzene rings is 2. The number of hydrogen-bond donors (Lipinski definition) is 7. The van der Waals surface area contributed by atoms with Crippen molar-refractivity contribution < 1.29 is 59.1 Å². The fourth-order valence-electron chi connectivity index (χ4n) is 3.89. The zero-order valence-corrected chi connectivity index (χ0v) is 19.0. The van der Waals surface area contributed by atoms with Crippen LogP contribution in [0.2, 0.25) is 0 Å². The van der Waals surface area contributed by atoms with Crippen molar-refractivity contribution in [2.75, 3.05) is 20.8 Å². The third-order valence-electron chi connectivity index (χ3n) is 5.77. The van der Waals surface area contributed by atoms with E-state index >= 15 is 0 Å². The Morgan fingerprint density at radius 3 is 2.22 bits per heavy atom. The number of methoxy groups -OCH3 is 2. The maximum atomic E-state index is 13.2. The molecule has 2 heterocycles. The minimum Gasteiger partial charge on any atom is -0.504 e. The molecule has 5 atom stereocenters. The van der Waals surface area contributed by atoms with Crippen molar-refractivity contribution in [3.63, 3.8) is 0 Å². The van der Waals surface area contributed by atoms with Gasteiger partial charge in [-0.25, -0.2) is 0 Å². The van der Waals surface area contributed by atoms with E-state index in [1.807, 2.05) is 0 Å². The van der Waals surface area contributed by atoms with E-state index in [9.17, 15) is 40.5 Å². The molecule has 0 bridgehead atoms. The molecule has 0 saturated carbocycles. The van der Waals surface area contributed by atoms with Gasteiger partial charge in [-0.2, -0.15) is 0 Å². The highest BCUT2D eigenvalue weighted by molar-refractivity contribution is 5.91. The molecule has 1 aliphatic heterocycles. The molecule has 4 rings (SSSR count). The molecule has 7 N–H and O–H groups in total. The molecule has 1 fully saturated rings. The lowest BCUT2D eigenvalue weighted by Gasteiger charge is -2.39. The van der Waals surface area contributed by atoms with E-state index in [0.717, 1.165) is 12.1 Å². The molecule has 0 aliphatic carbocycles. The average molecular weight is 508 g/mol. The van der Waals surface area contributed by atoms with Crippen molar-refractivity contribution in [1.82, 2.24) is 0 Å². The highest BCUT2D eigenvalue weighted by Gasteiger charge is 2.45. The van der Waals surface area contributed by atoms with E-state index in [4.69, 9.17) is 23.4 Å². The molecular formula is C23H24O13. The predicted octanol–water partition coefficient (Wildman–Crippen LogP) is -0.227. The summed E-state index contributed by atoms with van der Waals surface area (Å²) in [5, 5.41) is 69.7. The Bertz CT molecular complexity index is 1330.